The van der Waals surface area contributed by atoms with Crippen molar-refractivity contribution in [1.29, 1.82) is 0 Å². The second-order valence-corrected chi connectivity index (χ2v) is 5.00. The van der Waals surface area contributed by atoms with Gasteiger partial charge in [0.2, 0.25) is 0 Å². The minimum absolute atomic E-state index is 0.0121. The highest BCUT2D eigenvalue weighted by Crippen LogP contribution is 2.21. The Morgan fingerprint density at radius 1 is 1.15 bits per heavy atom. The Morgan fingerprint density at radius 2 is 1.80 bits per heavy atom. The van der Waals surface area contributed by atoms with Crippen molar-refractivity contribution in [2.24, 2.45) is 0 Å². The first-order valence-electron chi connectivity index (χ1n) is 5.67. The minimum atomic E-state index is -1.11. The van der Waals surface area contributed by atoms with Crippen LogP contribution in [0.15, 0.2) is 36.4 Å². The van der Waals surface area contributed by atoms with Gasteiger partial charge in [0, 0.05) is 16.6 Å². The Balaban J connectivity index is 2.18. The molecule has 0 aromatic heterocycles. The van der Waals surface area contributed by atoms with E-state index in [1.807, 2.05) is 0 Å². The van der Waals surface area contributed by atoms with Crippen molar-refractivity contribution in [1.82, 2.24) is 0 Å². The molecule has 0 radical (unpaired) electrons. The van der Waals surface area contributed by atoms with Crippen LogP contribution in [-0.4, -0.2) is 11.1 Å². The van der Waals surface area contributed by atoms with Crippen LogP contribution in [0.4, 0.5) is 10.1 Å². The smallest absolute Gasteiger partial charge is 0.335 e. The normalized spacial score (nSPS) is 10.3. The standard InChI is InChI=1S/C14H10Cl2FNO2/c15-10-3-8(4-11(16)6-10)7-18-13-5-9(14(19)20)1-2-12(13)17/h1-6,18H,7H2,(H,19,20). The lowest BCUT2D eigenvalue weighted by molar-refractivity contribution is 0.0697. The summed E-state index contributed by atoms with van der Waals surface area (Å²) in [6.45, 7) is 0.278. The van der Waals surface area contributed by atoms with Crippen LogP contribution in [0.25, 0.3) is 0 Å². The van der Waals surface area contributed by atoms with Crippen LogP contribution in [0, 0.1) is 5.82 Å². The molecule has 0 bridgehead atoms. The second-order valence-electron chi connectivity index (χ2n) is 4.13. The van der Waals surface area contributed by atoms with E-state index >= 15 is 0 Å². The summed E-state index contributed by atoms with van der Waals surface area (Å²) in [6, 6.07) is 8.54. The first kappa shape index (κ1) is 14.6. The van der Waals surface area contributed by atoms with Gasteiger partial charge in [-0.2, -0.15) is 0 Å². The van der Waals surface area contributed by atoms with Crippen molar-refractivity contribution in [3.63, 3.8) is 0 Å². The van der Waals surface area contributed by atoms with Gasteiger partial charge in [-0.1, -0.05) is 23.2 Å². The number of aromatic carboxylic acids is 1. The Morgan fingerprint density at radius 3 is 2.40 bits per heavy atom. The molecular weight excluding hydrogens is 304 g/mol. The summed E-state index contributed by atoms with van der Waals surface area (Å²) in [5.41, 5.74) is 0.890. The number of anilines is 1. The third-order valence-corrected chi connectivity index (χ3v) is 3.06. The van der Waals surface area contributed by atoms with E-state index in [9.17, 15) is 9.18 Å². The third-order valence-electron chi connectivity index (χ3n) is 2.62. The highest BCUT2D eigenvalue weighted by atomic mass is 35.5. The fourth-order valence-corrected chi connectivity index (χ4v) is 2.28. The van der Waals surface area contributed by atoms with Crippen LogP contribution in [0.3, 0.4) is 0 Å². The maximum absolute atomic E-state index is 13.6. The van der Waals surface area contributed by atoms with Crippen LogP contribution in [0.2, 0.25) is 10.0 Å². The van der Waals surface area contributed by atoms with Gasteiger partial charge in [0.05, 0.1) is 11.3 Å². The molecule has 0 atom stereocenters. The van der Waals surface area contributed by atoms with Crippen LogP contribution >= 0.6 is 23.2 Å². The summed E-state index contributed by atoms with van der Waals surface area (Å²) < 4.78 is 13.6. The molecule has 2 N–H and O–H groups in total. The summed E-state index contributed by atoms with van der Waals surface area (Å²) in [5, 5.41) is 12.7. The summed E-state index contributed by atoms with van der Waals surface area (Å²) in [7, 11) is 0. The number of nitrogens with one attached hydrogen (secondary N) is 1. The lowest BCUT2D eigenvalue weighted by atomic mass is 10.1. The average molecular weight is 314 g/mol. The first-order chi connectivity index (χ1) is 9.45. The third kappa shape index (κ3) is 3.62. The highest BCUT2D eigenvalue weighted by molar-refractivity contribution is 6.34. The van der Waals surface area contributed by atoms with Crippen LogP contribution < -0.4 is 5.32 Å². The molecule has 0 heterocycles. The molecule has 0 aliphatic heterocycles. The highest BCUT2D eigenvalue weighted by Gasteiger charge is 2.08. The summed E-state index contributed by atoms with van der Waals surface area (Å²) in [4.78, 5) is 10.8. The molecule has 2 aromatic carbocycles. The average Bonchev–Trinajstić information content (AvgIpc) is 2.36. The minimum Gasteiger partial charge on any atom is -0.478 e. The van der Waals surface area contributed by atoms with Crippen molar-refractivity contribution in [3.05, 3.63) is 63.4 Å². The fraction of sp³-hybridized carbons (Fsp3) is 0.0714. The van der Waals surface area contributed by atoms with Crippen LogP contribution in [0.1, 0.15) is 15.9 Å². The Labute approximate surface area is 124 Å². The van der Waals surface area contributed by atoms with Crippen LogP contribution in [0.5, 0.6) is 0 Å². The van der Waals surface area contributed by atoms with Crippen molar-refractivity contribution in [3.8, 4) is 0 Å². The fourth-order valence-electron chi connectivity index (χ4n) is 1.70. The monoisotopic (exact) mass is 313 g/mol. The van der Waals surface area contributed by atoms with Gasteiger partial charge >= 0.3 is 5.97 Å². The van der Waals surface area contributed by atoms with E-state index < -0.39 is 11.8 Å². The topological polar surface area (TPSA) is 49.3 Å². The number of hydrogen-bond acceptors (Lipinski definition) is 2. The van der Waals surface area contributed by atoms with Gasteiger partial charge in [-0.3, -0.25) is 0 Å². The zero-order valence-electron chi connectivity index (χ0n) is 10.2. The summed E-state index contributed by atoms with van der Waals surface area (Å²) >= 11 is 11.7. The molecule has 0 aliphatic carbocycles. The van der Waals surface area contributed by atoms with E-state index in [1.54, 1.807) is 18.2 Å². The van der Waals surface area contributed by atoms with E-state index in [4.69, 9.17) is 28.3 Å². The van der Waals surface area contributed by atoms with Gasteiger partial charge in [0.25, 0.3) is 0 Å². The van der Waals surface area contributed by atoms with Gasteiger partial charge in [-0.25, -0.2) is 9.18 Å². The van der Waals surface area contributed by atoms with Gasteiger partial charge in [0.15, 0.2) is 0 Å². The number of benzene rings is 2. The molecule has 3 nitrogen and oxygen atoms in total. The lowest BCUT2D eigenvalue weighted by Gasteiger charge is -2.09. The molecule has 0 saturated carbocycles. The van der Waals surface area contributed by atoms with Crippen molar-refractivity contribution < 1.29 is 14.3 Å². The largest absolute Gasteiger partial charge is 0.478 e. The number of hydrogen-bond donors (Lipinski definition) is 2. The molecule has 0 saturated heterocycles. The molecule has 0 amide bonds. The number of carbonyl (C=O) groups is 1. The van der Waals surface area contributed by atoms with Gasteiger partial charge in [-0.05, 0) is 42.0 Å². The summed E-state index contributed by atoms with van der Waals surface area (Å²) in [6.07, 6.45) is 0. The maximum atomic E-state index is 13.6. The lowest BCUT2D eigenvalue weighted by Crippen LogP contribution is -2.04. The number of rotatable bonds is 4. The van der Waals surface area contributed by atoms with Crippen molar-refractivity contribution in [2.75, 3.05) is 5.32 Å². The van der Waals surface area contributed by atoms with E-state index in [2.05, 4.69) is 5.32 Å². The Bertz CT molecular complexity index is 641. The van der Waals surface area contributed by atoms with E-state index in [1.165, 1.54) is 12.1 Å². The second kappa shape index (κ2) is 6.11. The van der Waals surface area contributed by atoms with Gasteiger partial charge in [-0.15, -0.1) is 0 Å². The molecule has 2 aromatic rings. The van der Waals surface area contributed by atoms with E-state index in [-0.39, 0.29) is 17.8 Å². The number of carboxylic acid groups (broad SMARTS) is 1. The molecular formula is C14H10Cl2FNO2. The van der Waals surface area contributed by atoms with Crippen molar-refractivity contribution in [2.45, 2.75) is 6.54 Å². The zero-order chi connectivity index (χ0) is 14.7. The van der Waals surface area contributed by atoms with Gasteiger partial charge in [0.1, 0.15) is 5.82 Å². The van der Waals surface area contributed by atoms with Crippen LogP contribution in [-0.2, 0) is 6.54 Å². The first-order valence-corrected chi connectivity index (χ1v) is 6.43. The molecule has 6 heteroatoms. The number of carboxylic acids is 1. The molecule has 0 fully saturated rings. The Kier molecular flexibility index (Phi) is 4.47. The molecule has 2 rings (SSSR count). The molecule has 0 aliphatic rings. The predicted octanol–water partition coefficient (Wildman–Crippen LogP) is 4.44. The summed E-state index contributed by atoms with van der Waals surface area (Å²) in [5.74, 6) is -1.64. The number of halogens is 3. The predicted molar refractivity (Wildman–Crippen MR) is 77.1 cm³/mol. The quantitative estimate of drug-likeness (QED) is 0.877. The zero-order valence-corrected chi connectivity index (χ0v) is 11.7. The van der Waals surface area contributed by atoms with E-state index in [0.717, 1.165) is 11.6 Å². The SMILES string of the molecule is O=C(O)c1ccc(F)c(NCc2cc(Cl)cc(Cl)c2)c1. The molecule has 20 heavy (non-hydrogen) atoms. The van der Waals surface area contributed by atoms with Gasteiger partial charge < -0.3 is 10.4 Å². The van der Waals surface area contributed by atoms with E-state index in [0.29, 0.717) is 10.0 Å². The molecule has 104 valence electrons. The van der Waals surface area contributed by atoms with Crippen molar-refractivity contribution >= 4 is 34.9 Å². The molecule has 0 spiro atoms. The Hall–Kier alpha value is -1.78. The molecule has 0 unspecified atom stereocenters. The maximum Gasteiger partial charge on any atom is 0.335 e.